The van der Waals surface area contributed by atoms with E-state index in [0.29, 0.717) is 25.3 Å². The van der Waals surface area contributed by atoms with Crippen molar-refractivity contribution in [2.75, 3.05) is 37.5 Å². The number of likely N-dealkylation sites (N-methyl/N-ethyl adjacent to an activating group) is 1. The highest BCUT2D eigenvalue weighted by Gasteiger charge is 2.30. The van der Waals surface area contributed by atoms with Gasteiger partial charge in [-0.05, 0) is 29.3 Å². The standard InChI is InChI=1S/C19H20N4O3/c1-22-5-6-23(19(22)25)13-3-4-15-16(9-18(24)21-17(15)8-13)12-7-14(26-2)11-20-10-12/h3-4,7-8,10-11,16H,5-6,9H2,1-2H3,(H,21,24). The van der Waals surface area contributed by atoms with E-state index in [0.717, 1.165) is 22.5 Å². The summed E-state index contributed by atoms with van der Waals surface area (Å²) in [4.78, 5) is 32.1. The summed E-state index contributed by atoms with van der Waals surface area (Å²) in [5.74, 6) is 0.525. The van der Waals surface area contributed by atoms with Crippen molar-refractivity contribution in [3.8, 4) is 5.75 Å². The Morgan fingerprint density at radius 1 is 1.19 bits per heavy atom. The number of urea groups is 1. The molecule has 1 unspecified atom stereocenters. The van der Waals surface area contributed by atoms with E-state index in [2.05, 4.69) is 10.3 Å². The van der Waals surface area contributed by atoms with Crippen LogP contribution in [0, 0.1) is 0 Å². The highest BCUT2D eigenvalue weighted by atomic mass is 16.5. The average Bonchev–Trinajstić information content (AvgIpc) is 2.99. The van der Waals surface area contributed by atoms with E-state index >= 15 is 0 Å². The maximum Gasteiger partial charge on any atom is 0.324 e. The summed E-state index contributed by atoms with van der Waals surface area (Å²) in [7, 11) is 3.38. The minimum atomic E-state index is -0.0904. The zero-order chi connectivity index (χ0) is 18.3. The minimum Gasteiger partial charge on any atom is -0.495 e. The summed E-state index contributed by atoms with van der Waals surface area (Å²) in [5, 5.41) is 2.94. The fourth-order valence-corrected chi connectivity index (χ4v) is 3.54. The molecule has 2 aromatic rings. The van der Waals surface area contributed by atoms with Crippen molar-refractivity contribution in [3.63, 3.8) is 0 Å². The molecule has 2 aliphatic heterocycles. The number of pyridine rings is 1. The second kappa shape index (κ2) is 6.33. The molecule has 1 aromatic heterocycles. The number of ether oxygens (including phenoxy) is 1. The van der Waals surface area contributed by atoms with Gasteiger partial charge in [0.25, 0.3) is 0 Å². The Bertz CT molecular complexity index is 883. The summed E-state index contributed by atoms with van der Waals surface area (Å²) < 4.78 is 5.26. The molecule has 1 atom stereocenters. The molecule has 134 valence electrons. The number of carbonyl (C=O) groups is 2. The van der Waals surface area contributed by atoms with E-state index < -0.39 is 0 Å². The van der Waals surface area contributed by atoms with Gasteiger partial charge >= 0.3 is 6.03 Å². The maximum absolute atomic E-state index is 12.3. The van der Waals surface area contributed by atoms with E-state index in [1.807, 2.05) is 24.3 Å². The molecule has 0 aliphatic carbocycles. The smallest absolute Gasteiger partial charge is 0.324 e. The molecular formula is C19H20N4O3. The number of hydrogen-bond acceptors (Lipinski definition) is 4. The first-order chi connectivity index (χ1) is 12.6. The van der Waals surface area contributed by atoms with Gasteiger partial charge < -0.3 is 15.0 Å². The Hall–Kier alpha value is -3.09. The molecule has 26 heavy (non-hydrogen) atoms. The van der Waals surface area contributed by atoms with Crippen LogP contribution in [0.25, 0.3) is 0 Å². The van der Waals surface area contributed by atoms with Crippen molar-refractivity contribution in [2.45, 2.75) is 12.3 Å². The van der Waals surface area contributed by atoms with Gasteiger partial charge in [0, 0.05) is 50.0 Å². The predicted octanol–water partition coefficient (Wildman–Crippen LogP) is 2.44. The second-order valence-corrected chi connectivity index (χ2v) is 6.59. The van der Waals surface area contributed by atoms with Crippen LogP contribution in [0.4, 0.5) is 16.2 Å². The number of carbonyl (C=O) groups excluding carboxylic acids is 2. The molecule has 3 heterocycles. The van der Waals surface area contributed by atoms with Crippen molar-refractivity contribution >= 4 is 23.3 Å². The van der Waals surface area contributed by atoms with Gasteiger partial charge in [-0.15, -0.1) is 0 Å². The van der Waals surface area contributed by atoms with Crippen molar-refractivity contribution in [1.29, 1.82) is 0 Å². The highest BCUT2D eigenvalue weighted by molar-refractivity contribution is 5.98. The van der Waals surface area contributed by atoms with Crippen LogP contribution in [0.15, 0.2) is 36.7 Å². The molecule has 1 aromatic carbocycles. The maximum atomic E-state index is 12.3. The lowest BCUT2D eigenvalue weighted by molar-refractivity contribution is -0.116. The lowest BCUT2D eigenvalue weighted by Crippen LogP contribution is -2.30. The summed E-state index contributed by atoms with van der Waals surface area (Å²) in [6, 6.07) is 7.69. The Morgan fingerprint density at radius 3 is 2.77 bits per heavy atom. The lowest BCUT2D eigenvalue weighted by Gasteiger charge is -2.27. The fourth-order valence-electron chi connectivity index (χ4n) is 3.54. The molecule has 7 heteroatoms. The molecule has 4 rings (SSSR count). The van der Waals surface area contributed by atoms with Crippen molar-refractivity contribution in [1.82, 2.24) is 9.88 Å². The first-order valence-electron chi connectivity index (χ1n) is 8.52. The SMILES string of the molecule is COc1cncc(C2CC(=O)Nc3cc(N4CCN(C)C4=O)ccc32)c1. The van der Waals surface area contributed by atoms with Gasteiger partial charge in [-0.1, -0.05) is 6.07 Å². The molecule has 7 nitrogen and oxygen atoms in total. The normalized spacial score (nSPS) is 19.4. The van der Waals surface area contributed by atoms with Crippen LogP contribution in [0.3, 0.4) is 0 Å². The highest BCUT2D eigenvalue weighted by Crippen LogP contribution is 2.39. The van der Waals surface area contributed by atoms with Crippen LogP contribution in [0.2, 0.25) is 0 Å². The minimum absolute atomic E-state index is 0.0272. The number of nitrogens with one attached hydrogen (secondary N) is 1. The van der Waals surface area contributed by atoms with Crippen molar-refractivity contribution in [2.24, 2.45) is 0 Å². The van der Waals surface area contributed by atoms with Gasteiger partial charge in [0.15, 0.2) is 0 Å². The summed E-state index contributed by atoms with van der Waals surface area (Å²) >= 11 is 0. The summed E-state index contributed by atoms with van der Waals surface area (Å²) in [6.07, 6.45) is 3.76. The third-order valence-corrected chi connectivity index (χ3v) is 4.98. The summed E-state index contributed by atoms with van der Waals surface area (Å²) in [6.45, 7) is 1.34. The molecule has 1 saturated heterocycles. The van der Waals surface area contributed by atoms with Gasteiger partial charge in [0.2, 0.25) is 5.91 Å². The van der Waals surface area contributed by atoms with Gasteiger partial charge in [-0.2, -0.15) is 0 Å². The van der Waals surface area contributed by atoms with Gasteiger partial charge in [0.05, 0.1) is 13.3 Å². The van der Waals surface area contributed by atoms with Crippen LogP contribution in [0.1, 0.15) is 23.5 Å². The molecule has 1 fully saturated rings. The molecule has 0 bridgehead atoms. The van der Waals surface area contributed by atoms with Crippen LogP contribution >= 0.6 is 0 Å². The quantitative estimate of drug-likeness (QED) is 0.921. The number of hydrogen-bond donors (Lipinski definition) is 1. The molecule has 1 N–H and O–H groups in total. The van der Waals surface area contributed by atoms with E-state index in [4.69, 9.17) is 4.74 Å². The van der Waals surface area contributed by atoms with Crippen molar-refractivity contribution in [3.05, 3.63) is 47.8 Å². The van der Waals surface area contributed by atoms with Gasteiger partial charge in [-0.3, -0.25) is 14.7 Å². The zero-order valence-corrected chi connectivity index (χ0v) is 14.7. The average molecular weight is 352 g/mol. The third-order valence-electron chi connectivity index (χ3n) is 4.98. The van der Waals surface area contributed by atoms with E-state index in [-0.39, 0.29) is 17.9 Å². The van der Waals surface area contributed by atoms with Crippen LogP contribution in [0.5, 0.6) is 5.75 Å². The number of anilines is 2. The Kier molecular flexibility index (Phi) is 3.99. The molecule has 0 spiro atoms. The number of aromatic nitrogens is 1. The fraction of sp³-hybridized carbons (Fsp3) is 0.316. The van der Waals surface area contributed by atoms with E-state index in [9.17, 15) is 9.59 Å². The number of methoxy groups -OCH3 is 1. The Labute approximate surface area is 151 Å². The van der Waals surface area contributed by atoms with E-state index in [1.165, 1.54) is 0 Å². The number of benzene rings is 1. The second-order valence-electron chi connectivity index (χ2n) is 6.59. The van der Waals surface area contributed by atoms with Crippen LogP contribution in [-0.4, -0.2) is 49.1 Å². The van der Waals surface area contributed by atoms with Gasteiger partial charge in [-0.25, -0.2) is 4.79 Å². The summed E-state index contributed by atoms with van der Waals surface area (Å²) in [5.41, 5.74) is 3.49. The van der Waals surface area contributed by atoms with Crippen LogP contribution < -0.4 is 15.0 Å². The number of rotatable bonds is 3. The molecule has 0 saturated carbocycles. The Balaban J connectivity index is 1.72. The zero-order valence-electron chi connectivity index (χ0n) is 14.7. The van der Waals surface area contributed by atoms with Gasteiger partial charge in [0.1, 0.15) is 5.75 Å². The monoisotopic (exact) mass is 352 g/mol. The molecule has 3 amide bonds. The topological polar surface area (TPSA) is 74.8 Å². The first-order valence-corrected chi connectivity index (χ1v) is 8.52. The Morgan fingerprint density at radius 2 is 2.04 bits per heavy atom. The number of nitrogens with zero attached hydrogens (tertiary/aromatic N) is 3. The number of fused-ring (bicyclic) bond motifs is 1. The first kappa shape index (κ1) is 16.4. The predicted molar refractivity (Wildman–Crippen MR) is 97.7 cm³/mol. The number of amides is 3. The van der Waals surface area contributed by atoms with Crippen molar-refractivity contribution < 1.29 is 14.3 Å². The van der Waals surface area contributed by atoms with E-state index in [1.54, 1.807) is 36.4 Å². The molecule has 0 radical (unpaired) electrons. The third kappa shape index (κ3) is 2.75. The van der Waals surface area contributed by atoms with Crippen LogP contribution in [-0.2, 0) is 4.79 Å². The molecular weight excluding hydrogens is 332 g/mol. The largest absolute Gasteiger partial charge is 0.495 e. The molecule has 2 aliphatic rings. The lowest BCUT2D eigenvalue weighted by atomic mass is 9.85.